The first-order valence-electron chi connectivity index (χ1n) is 8.40. The molecule has 0 aromatic heterocycles. The van der Waals surface area contributed by atoms with Crippen LogP contribution in [0.4, 0.5) is 13.2 Å². The summed E-state index contributed by atoms with van der Waals surface area (Å²) in [5.41, 5.74) is 0.471. The number of benzene rings is 1. The summed E-state index contributed by atoms with van der Waals surface area (Å²) >= 11 is 1.81. The van der Waals surface area contributed by atoms with E-state index in [9.17, 15) is 18.3 Å². The van der Waals surface area contributed by atoms with Gasteiger partial charge < -0.3 is 20.5 Å². The molecule has 10 heteroatoms. The van der Waals surface area contributed by atoms with Crippen LogP contribution in [0, 0.1) is 0 Å². The highest BCUT2D eigenvalue weighted by atomic mass is 127. The van der Waals surface area contributed by atoms with E-state index >= 15 is 0 Å². The maximum atomic E-state index is 12.1. The summed E-state index contributed by atoms with van der Waals surface area (Å²) < 4.78 is 40.3. The standard InChI is InChI=1S/C17H26F3N3O2S.HI/c1-3-21-16(22-10-4-5-11-26-2)23-12-15(24)13-6-8-14(9-7-13)25-17(18,19)20;/h6-9,15,24H,3-5,10-12H2,1-2H3,(H2,21,22,23);1H. The molecule has 1 atom stereocenters. The predicted octanol–water partition coefficient (Wildman–Crippen LogP) is 3.93. The van der Waals surface area contributed by atoms with Gasteiger partial charge in [-0.1, -0.05) is 12.1 Å². The van der Waals surface area contributed by atoms with Crippen molar-refractivity contribution in [3.8, 4) is 5.75 Å². The molecular weight excluding hydrogens is 494 g/mol. The molecule has 0 fully saturated rings. The number of nitrogens with zero attached hydrogens (tertiary/aromatic N) is 1. The van der Waals surface area contributed by atoms with Gasteiger partial charge in [0.2, 0.25) is 0 Å². The Morgan fingerprint density at radius 2 is 1.89 bits per heavy atom. The van der Waals surface area contributed by atoms with E-state index in [1.807, 2.05) is 18.7 Å². The molecule has 156 valence electrons. The van der Waals surface area contributed by atoms with Crippen molar-refractivity contribution in [2.24, 2.45) is 4.99 Å². The Hall–Kier alpha value is -0.880. The van der Waals surface area contributed by atoms with Gasteiger partial charge in [-0.15, -0.1) is 37.1 Å². The smallest absolute Gasteiger partial charge is 0.406 e. The lowest BCUT2D eigenvalue weighted by Gasteiger charge is -2.14. The van der Waals surface area contributed by atoms with Crippen LogP contribution in [0.15, 0.2) is 29.3 Å². The molecule has 1 aromatic rings. The fourth-order valence-corrected chi connectivity index (χ4v) is 2.59. The second-order valence-electron chi connectivity index (χ2n) is 5.48. The molecule has 0 aliphatic carbocycles. The van der Waals surface area contributed by atoms with Gasteiger partial charge in [0.15, 0.2) is 5.96 Å². The fraction of sp³-hybridized carbons (Fsp3) is 0.588. The van der Waals surface area contributed by atoms with Gasteiger partial charge in [0.1, 0.15) is 5.75 Å². The zero-order valence-electron chi connectivity index (χ0n) is 15.4. The molecule has 27 heavy (non-hydrogen) atoms. The molecule has 0 saturated carbocycles. The number of guanidine groups is 1. The van der Waals surface area contributed by atoms with Crippen LogP contribution < -0.4 is 15.4 Å². The Morgan fingerprint density at radius 1 is 1.22 bits per heavy atom. The summed E-state index contributed by atoms with van der Waals surface area (Å²) in [7, 11) is 0. The molecule has 5 nitrogen and oxygen atoms in total. The molecule has 1 unspecified atom stereocenters. The van der Waals surface area contributed by atoms with Crippen LogP contribution in [0.2, 0.25) is 0 Å². The molecule has 0 bridgehead atoms. The van der Waals surface area contributed by atoms with Gasteiger partial charge >= 0.3 is 6.36 Å². The Labute approximate surface area is 179 Å². The molecule has 1 rings (SSSR count). The molecule has 0 radical (unpaired) electrons. The summed E-state index contributed by atoms with van der Waals surface area (Å²) in [6.07, 6.45) is -1.44. The summed E-state index contributed by atoms with van der Waals surface area (Å²) in [4.78, 5) is 4.32. The molecule has 0 heterocycles. The largest absolute Gasteiger partial charge is 0.573 e. The van der Waals surface area contributed by atoms with Crippen LogP contribution in [0.3, 0.4) is 0 Å². The second kappa shape index (κ2) is 14.2. The predicted molar refractivity (Wildman–Crippen MR) is 115 cm³/mol. The first-order valence-corrected chi connectivity index (χ1v) is 9.80. The number of aliphatic hydroxyl groups is 1. The molecule has 0 amide bonds. The van der Waals surface area contributed by atoms with E-state index in [0.717, 1.165) is 25.1 Å². The molecule has 3 N–H and O–H groups in total. The van der Waals surface area contributed by atoms with E-state index in [0.29, 0.717) is 18.1 Å². The lowest BCUT2D eigenvalue weighted by molar-refractivity contribution is -0.274. The second-order valence-corrected chi connectivity index (χ2v) is 6.46. The highest BCUT2D eigenvalue weighted by Gasteiger charge is 2.31. The number of aliphatic hydroxyl groups excluding tert-OH is 1. The summed E-state index contributed by atoms with van der Waals surface area (Å²) in [5, 5.41) is 16.5. The minimum Gasteiger partial charge on any atom is -0.406 e. The van der Waals surface area contributed by atoms with Crippen molar-refractivity contribution >= 4 is 41.7 Å². The van der Waals surface area contributed by atoms with Gasteiger partial charge in [-0.25, -0.2) is 0 Å². The van der Waals surface area contributed by atoms with Gasteiger partial charge in [0.25, 0.3) is 0 Å². The lowest BCUT2D eigenvalue weighted by Crippen LogP contribution is -2.38. The third kappa shape index (κ3) is 12.2. The monoisotopic (exact) mass is 521 g/mol. The highest BCUT2D eigenvalue weighted by Crippen LogP contribution is 2.24. The van der Waals surface area contributed by atoms with Gasteiger partial charge in [0, 0.05) is 13.1 Å². The van der Waals surface area contributed by atoms with Gasteiger partial charge in [-0.2, -0.15) is 11.8 Å². The van der Waals surface area contributed by atoms with Crippen LogP contribution in [-0.2, 0) is 0 Å². The number of hydrogen-bond donors (Lipinski definition) is 3. The summed E-state index contributed by atoms with van der Waals surface area (Å²) in [5.74, 6) is 1.40. The van der Waals surface area contributed by atoms with Crippen LogP contribution in [0.25, 0.3) is 0 Å². The van der Waals surface area contributed by atoms with E-state index in [2.05, 4.69) is 26.6 Å². The number of aliphatic imine (C=N–C) groups is 1. The van der Waals surface area contributed by atoms with Gasteiger partial charge in [-0.05, 0) is 49.5 Å². The van der Waals surface area contributed by atoms with E-state index in [4.69, 9.17) is 0 Å². The van der Waals surface area contributed by atoms with E-state index in [-0.39, 0.29) is 36.3 Å². The Morgan fingerprint density at radius 3 is 2.44 bits per heavy atom. The topological polar surface area (TPSA) is 65.9 Å². The average Bonchev–Trinajstić information content (AvgIpc) is 2.58. The molecule has 0 saturated heterocycles. The number of rotatable bonds is 10. The minimum atomic E-state index is -4.73. The van der Waals surface area contributed by atoms with Crippen molar-refractivity contribution in [1.82, 2.24) is 10.6 Å². The Balaban J connectivity index is 0.00000676. The number of unbranched alkanes of at least 4 members (excludes halogenated alkanes) is 1. The van der Waals surface area contributed by atoms with Gasteiger partial charge in [0.05, 0.1) is 12.6 Å². The van der Waals surface area contributed by atoms with Crippen LogP contribution >= 0.6 is 35.7 Å². The average molecular weight is 521 g/mol. The van der Waals surface area contributed by atoms with E-state index in [1.165, 1.54) is 24.3 Å². The molecule has 0 aliphatic rings. The Bertz CT molecular complexity index is 545. The molecule has 1 aromatic carbocycles. The number of alkyl halides is 3. The van der Waals surface area contributed by atoms with Crippen molar-refractivity contribution in [1.29, 1.82) is 0 Å². The first-order chi connectivity index (χ1) is 12.4. The van der Waals surface area contributed by atoms with E-state index in [1.54, 1.807) is 0 Å². The maximum absolute atomic E-state index is 12.1. The fourth-order valence-electron chi connectivity index (χ4n) is 2.09. The third-order valence-corrected chi connectivity index (χ3v) is 4.03. The molecule has 0 aliphatic heterocycles. The normalized spacial score (nSPS) is 12.9. The zero-order chi connectivity index (χ0) is 19.4. The maximum Gasteiger partial charge on any atom is 0.573 e. The summed E-state index contributed by atoms with van der Waals surface area (Å²) in [6, 6.07) is 5.13. The van der Waals surface area contributed by atoms with Crippen molar-refractivity contribution in [3.05, 3.63) is 29.8 Å². The quantitative estimate of drug-likeness (QED) is 0.189. The van der Waals surface area contributed by atoms with Crippen LogP contribution in [-0.4, -0.2) is 49.1 Å². The van der Waals surface area contributed by atoms with Crippen molar-refractivity contribution in [3.63, 3.8) is 0 Å². The Kier molecular flexibility index (Phi) is 13.7. The number of thioether (sulfide) groups is 1. The molecular formula is C17H27F3IN3O2S. The highest BCUT2D eigenvalue weighted by molar-refractivity contribution is 14.0. The summed E-state index contributed by atoms with van der Waals surface area (Å²) in [6.45, 7) is 3.52. The van der Waals surface area contributed by atoms with Crippen molar-refractivity contribution in [2.45, 2.75) is 32.2 Å². The lowest BCUT2D eigenvalue weighted by atomic mass is 10.1. The third-order valence-electron chi connectivity index (χ3n) is 3.33. The van der Waals surface area contributed by atoms with Crippen LogP contribution in [0.1, 0.15) is 31.4 Å². The van der Waals surface area contributed by atoms with Crippen molar-refractivity contribution in [2.75, 3.05) is 31.6 Å². The SMILES string of the molecule is CCNC(=NCC(O)c1ccc(OC(F)(F)F)cc1)NCCCCSC.I. The molecule has 0 spiro atoms. The first kappa shape index (κ1) is 26.1. The van der Waals surface area contributed by atoms with Crippen LogP contribution in [0.5, 0.6) is 5.75 Å². The zero-order valence-corrected chi connectivity index (χ0v) is 18.5. The minimum absolute atomic E-state index is 0. The van der Waals surface area contributed by atoms with E-state index < -0.39 is 12.5 Å². The number of nitrogens with one attached hydrogen (secondary N) is 2. The van der Waals surface area contributed by atoms with Gasteiger partial charge in [-0.3, -0.25) is 4.99 Å². The van der Waals surface area contributed by atoms with Crippen molar-refractivity contribution < 1.29 is 23.0 Å². The number of halogens is 4. The number of ether oxygens (including phenoxy) is 1. The number of hydrogen-bond acceptors (Lipinski definition) is 4.